The first-order valence-electron chi connectivity index (χ1n) is 10.6. The van der Waals surface area contributed by atoms with Crippen LogP contribution in [0.2, 0.25) is 5.02 Å². The van der Waals surface area contributed by atoms with E-state index in [1.54, 1.807) is 37.4 Å². The first-order chi connectivity index (χ1) is 15.4. The van der Waals surface area contributed by atoms with Gasteiger partial charge in [0, 0.05) is 5.02 Å². The Hall–Kier alpha value is -3.12. The molecule has 3 aliphatic rings. The minimum absolute atomic E-state index is 0.0342. The van der Waals surface area contributed by atoms with Crippen LogP contribution in [-0.2, 0) is 20.8 Å². The molecule has 2 bridgehead atoms. The average molecular weight is 452 g/mol. The van der Waals surface area contributed by atoms with Crippen LogP contribution < -0.4 is 14.4 Å². The zero-order chi connectivity index (χ0) is 22.6. The second-order valence-corrected chi connectivity index (χ2v) is 9.03. The number of rotatable bonds is 5. The number of benzene rings is 2. The van der Waals surface area contributed by atoms with E-state index in [0.29, 0.717) is 10.8 Å². The lowest BCUT2D eigenvalue weighted by Gasteiger charge is -2.21. The summed E-state index contributed by atoms with van der Waals surface area (Å²) >= 11 is 6.19. The normalized spacial score (nSPS) is 25.7. The van der Waals surface area contributed by atoms with Crippen LogP contribution in [0.1, 0.15) is 18.9 Å². The molecule has 6 nitrogen and oxygen atoms in total. The minimum atomic E-state index is -0.504. The zero-order valence-electron chi connectivity index (χ0n) is 17.7. The second-order valence-electron chi connectivity index (χ2n) is 8.59. The summed E-state index contributed by atoms with van der Waals surface area (Å²) in [7, 11) is 1.57. The second kappa shape index (κ2) is 7.78. The van der Waals surface area contributed by atoms with Crippen molar-refractivity contribution in [2.24, 2.45) is 23.7 Å². The highest BCUT2D eigenvalue weighted by Crippen LogP contribution is 2.56. The molecule has 2 amide bonds. The fourth-order valence-corrected chi connectivity index (χ4v) is 5.50. The number of nitrogens with zero attached hydrogens (tertiary/aromatic N) is 1. The Morgan fingerprint density at radius 1 is 1.09 bits per heavy atom. The number of amides is 2. The van der Waals surface area contributed by atoms with E-state index in [2.05, 4.69) is 6.08 Å². The number of methoxy groups -OCH3 is 1. The van der Waals surface area contributed by atoms with Gasteiger partial charge in [-0.25, -0.2) is 4.90 Å². The number of anilines is 1. The van der Waals surface area contributed by atoms with Crippen molar-refractivity contribution in [3.63, 3.8) is 0 Å². The number of esters is 1. The lowest BCUT2D eigenvalue weighted by Crippen LogP contribution is -2.33. The molecule has 1 saturated heterocycles. The Labute approximate surface area is 190 Å². The third kappa shape index (κ3) is 3.30. The predicted octanol–water partition coefficient (Wildman–Crippen LogP) is 4.20. The van der Waals surface area contributed by atoms with Crippen LogP contribution in [0.4, 0.5) is 5.69 Å². The largest absolute Gasteiger partial charge is 0.497 e. The van der Waals surface area contributed by atoms with Crippen molar-refractivity contribution >= 4 is 35.1 Å². The molecule has 0 N–H and O–H groups in total. The number of hydrogen-bond donors (Lipinski definition) is 0. The van der Waals surface area contributed by atoms with Crippen LogP contribution in [0.15, 0.2) is 54.1 Å². The molecule has 4 unspecified atom stereocenters. The molecule has 32 heavy (non-hydrogen) atoms. The monoisotopic (exact) mass is 451 g/mol. The van der Waals surface area contributed by atoms with Gasteiger partial charge in [0.25, 0.3) is 0 Å². The predicted molar refractivity (Wildman–Crippen MR) is 119 cm³/mol. The van der Waals surface area contributed by atoms with E-state index in [4.69, 9.17) is 21.1 Å². The molecule has 0 radical (unpaired) electrons. The maximum atomic E-state index is 13.3. The Kier molecular flexibility index (Phi) is 5.05. The van der Waals surface area contributed by atoms with Gasteiger partial charge < -0.3 is 9.47 Å². The van der Waals surface area contributed by atoms with Gasteiger partial charge in [-0.3, -0.25) is 14.4 Å². The third-order valence-corrected chi connectivity index (χ3v) is 7.01. The van der Waals surface area contributed by atoms with E-state index in [9.17, 15) is 14.4 Å². The number of fused-ring (bicyclic) bond motifs is 5. The summed E-state index contributed by atoms with van der Waals surface area (Å²) in [4.78, 5) is 40.4. The smallest absolute Gasteiger partial charge is 0.315 e. The van der Waals surface area contributed by atoms with Crippen molar-refractivity contribution in [3.8, 4) is 11.5 Å². The van der Waals surface area contributed by atoms with Gasteiger partial charge in [0.15, 0.2) is 5.75 Å². The fraction of sp³-hybridized carbons (Fsp3) is 0.320. The van der Waals surface area contributed by atoms with Gasteiger partial charge in [0.2, 0.25) is 11.8 Å². The summed E-state index contributed by atoms with van der Waals surface area (Å²) in [5.74, 6) is -0.656. The van der Waals surface area contributed by atoms with E-state index >= 15 is 0 Å². The molecule has 164 valence electrons. The van der Waals surface area contributed by atoms with Crippen molar-refractivity contribution in [1.29, 1.82) is 0 Å². The molecule has 2 aromatic carbocycles. The number of hydrogen-bond acceptors (Lipinski definition) is 5. The fourth-order valence-electron chi connectivity index (χ4n) is 5.33. The van der Waals surface area contributed by atoms with Crippen LogP contribution in [0.3, 0.4) is 0 Å². The van der Waals surface area contributed by atoms with Gasteiger partial charge in [0.1, 0.15) is 5.75 Å². The highest BCUT2D eigenvalue weighted by Gasteiger charge is 2.61. The number of allylic oxidation sites excluding steroid dienone is 2. The molecule has 5 rings (SSSR count). The van der Waals surface area contributed by atoms with Crippen molar-refractivity contribution in [1.82, 2.24) is 0 Å². The van der Waals surface area contributed by atoms with Gasteiger partial charge >= 0.3 is 5.97 Å². The Bertz CT molecular complexity index is 1160. The first-order valence-corrected chi connectivity index (χ1v) is 10.9. The Balaban J connectivity index is 1.40. The van der Waals surface area contributed by atoms with Gasteiger partial charge in [-0.05, 0) is 61.1 Å². The zero-order valence-corrected chi connectivity index (χ0v) is 18.5. The Morgan fingerprint density at radius 3 is 2.53 bits per heavy atom. The lowest BCUT2D eigenvalue weighted by molar-refractivity contribution is -0.134. The maximum absolute atomic E-state index is 13.3. The van der Waals surface area contributed by atoms with Crippen LogP contribution in [0.5, 0.6) is 11.5 Å². The third-order valence-electron chi connectivity index (χ3n) is 6.77. The number of carbonyl (C=O) groups excluding carboxylic acids is 3. The van der Waals surface area contributed by atoms with E-state index in [1.165, 1.54) is 22.6 Å². The minimum Gasteiger partial charge on any atom is -0.497 e. The molecular formula is C25H22ClNO5. The van der Waals surface area contributed by atoms with Crippen LogP contribution in [0, 0.1) is 23.7 Å². The van der Waals surface area contributed by atoms with Crippen molar-refractivity contribution in [2.45, 2.75) is 19.8 Å². The molecule has 0 spiro atoms. The van der Waals surface area contributed by atoms with Gasteiger partial charge in [-0.2, -0.15) is 0 Å². The average Bonchev–Trinajstić information content (AvgIpc) is 3.40. The summed E-state index contributed by atoms with van der Waals surface area (Å²) in [6, 6.07) is 11.7. The van der Waals surface area contributed by atoms with Crippen LogP contribution in [0.25, 0.3) is 0 Å². The van der Waals surface area contributed by atoms with Crippen LogP contribution >= 0.6 is 11.6 Å². The molecular weight excluding hydrogens is 430 g/mol. The molecule has 2 fully saturated rings. The molecule has 7 heteroatoms. The van der Waals surface area contributed by atoms with Crippen molar-refractivity contribution in [2.75, 3.05) is 12.0 Å². The van der Waals surface area contributed by atoms with E-state index in [0.717, 1.165) is 12.0 Å². The summed E-state index contributed by atoms with van der Waals surface area (Å²) in [5, 5.41) is 0.352. The number of carbonyl (C=O) groups is 3. The van der Waals surface area contributed by atoms with E-state index in [1.807, 2.05) is 6.92 Å². The topological polar surface area (TPSA) is 72.9 Å². The maximum Gasteiger partial charge on any atom is 0.315 e. The first kappa shape index (κ1) is 20.8. The van der Waals surface area contributed by atoms with Crippen molar-refractivity contribution < 1.29 is 23.9 Å². The molecule has 1 aliphatic heterocycles. The number of imide groups is 1. The van der Waals surface area contributed by atoms with Crippen molar-refractivity contribution in [3.05, 3.63) is 64.7 Å². The van der Waals surface area contributed by atoms with Crippen LogP contribution in [-0.4, -0.2) is 24.9 Å². The molecule has 2 aromatic rings. The van der Waals surface area contributed by atoms with E-state index in [-0.39, 0.29) is 53.3 Å². The molecule has 4 atom stereocenters. The SMILES string of the molecule is COc1ccc(CC(=O)Oc2ccc(Cl)cc2N2C(=O)C3C4C=C(C)C(C4)C3C2=O)cc1. The number of ether oxygens (including phenoxy) is 2. The van der Waals surface area contributed by atoms with E-state index < -0.39 is 5.97 Å². The summed E-state index contributed by atoms with van der Waals surface area (Å²) in [6.07, 6.45) is 3.01. The summed E-state index contributed by atoms with van der Waals surface area (Å²) in [5.41, 5.74) is 2.16. The molecule has 2 aliphatic carbocycles. The Morgan fingerprint density at radius 2 is 1.81 bits per heavy atom. The highest BCUT2D eigenvalue weighted by atomic mass is 35.5. The number of halogens is 1. The molecule has 1 saturated carbocycles. The van der Waals surface area contributed by atoms with Gasteiger partial charge in [0.05, 0.1) is 31.1 Å². The summed E-state index contributed by atoms with van der Waals surface area (Å²) < 4.78 is 10.7. The van der Waals surface area contributed by atoms with Gasteiger partial charge in [-0.1, -0.05) is 35.4 Å². The molecule has 1 heterocycles. The lowest BCUT2D eigenvalue weighted by atomic mass is 9.82. The standard InChI is InChI=1S/C25H22ClNO5/c1-13-9-15-11-18(13)23-22(15)24(29)27(25(23)30)19-12-16(26)5-8-20(19)32-21(28)10-14-3-6-17(31-2)7-4-14/h3-9,12,15,18,22-23H,10-11H2,1-2H3. The van der Waals surface area contributed by atoms with Gasteiger partial charge in [-0.15, -0.1) is 0 Å². The molecule has 0 aromatic heterocycles. The highest BCUT2D eigenvalue weighted by molar-refractivity contribution is 6.31. The summed E-state index contributed by atoms with van der Waals surface area (Å²) in [6.45, 7) is 2.02. The quantitative estimate of drug-likeness (QED) is 0.295.